The van der Waals surface area contributed by atoms with Crippen LogP contribution in [0.5, 0.6) is 0 Å². The Morgan fingerprint density at radius 2 is 2.10 bits per heavy atom. The molecule has 1 aliphatic rings. The molecule has 1 fully saturated rings. The van der Waals surface area contributed by atoms with Crippen molar-refractivity contribution >= 4 is 0 Å². The summed E-state index contributed by atoms with van der Waals surface area (Å²) in [6.07, 6.45) is 5.26. The lowest BCUT2D eigenvalue weighted by Crippen LogP contribution is -2.24. The van der Waals surface area contributed by atoms with E-state index in [1.165, 1.54) is 25.7 Å². The van der Waals surface area contributed by atoms with Crippen molar-refractivity contribution in [3.63, 3.8) is 0 Å². The number of hydrogen-bond donors (Lipinski definition) is 1. The van der Waals surface area contributed by atoms with Crippen LogP contribution >= 0.6 is 0 Å². The van der Waals surface area contributed by atoms with Crippen molar-refractivity contribution in [2.45, 2.75) is 45.6 Å². The molecule has 0 saturated heterocycles. The number of hydrogen-bond acceptors (Lipinski definition) is 1. The molecule has 0 spiro atoms. The summed E-state index contributed by atoms with van der Waals surface area (Å²) in [7, 11) is 0. The molecule has 1 rings (SSSR count). The highest BCUT2D eigenvalue weighted by Gasteiger charge is 2.27. The van der Waals surface area contributed by atoms with E-state index in [1.807, 2.05) is 0 Å². The Bertz CT molecular complexity index is 101. The summed E-state index contributed by atoms with van der Waals surface area (Å²) >= 11 is 0. The standard InChI is InChI=1S/C9H19N/c1-3-4-8-5-7(2)6-9(8)10/h7-9H,3-6,10H2,1-2H3. The molecule has 1 nitrogen and oxygen atoms in total. The molecule has 3 atom stereocenters. The first-order valence-electron chi connectivity index (χ1n) is 4.49. The molecular formula is C9H19N. The molecule has 0 aromatic heterocycles. The maximum atomic E-state index is 5.96. The monoisotopic (exact) mass is 141 g/mol. The Balaban J connectivity index is 2.31. The van der Waals surface area contributed by atoms with E-state index >= 15 is 0 Å². The smallest absolute Gasteiger partial charge is 0.00697 e. The van der Waals surface area contributed by atoms with E-state index in [9.17, 15) is 0 Å². The van der Waals surface area contributed by atoms with Crippen molar-refractivity contribution in [3.8, 4) is 0 Å². The van der Waals surface area contributed by atoms with Crippen LogP contribution in [0.15, 0.2) is 0 Å². The summed E-state index contributed by atoms with van der Waals surface area (Å²) in [5.41, 5.74) is 5.96. The lowest BCUT2D eigenvalue weighted by atomic mass is 9.98. The molecular weight excluding hydrogens is 122 g/mol. The average Bonchev–Trinajstić information content (AvgIpc) is 2.13. The molecule has 0 aromatic rings. The van der Waals surface area contributed by atoms with Crippen LogP contribution in [-0.2, 0) is 0 Å². The summed E-state index contributed by atoms with van der Waals surface area (Å²) in [5, 5.41) is 0. The Labute approximate surface area is 64.0 Å². The summed E-state index contributed by atoms with van der Waals surface area (Å²) in [4.78, 5) is 0. The van der Waals surface area contributed by atoms with Gasteiger partial charge in [-0.3, -0.25) is 0 Å². The van der Waals surface area contributed by atoms with Crippen molar-refractivity contribution in [1.29, 1.82) is 0 Å². The van der Waals surface area contributed by atoms with E-state index < -0.39 is 0 Å². The second-order valence-electron chi connectivity index (χ2n) is 3.79. The van der Waals surface area contributed by atoms with Gasteiger partial charge in [0.2, 0.25) is 0 Å². The van der Waals surface area contributed by atoms with Gasteiger partial charge in [0.15, 0.2) is 0 Å². The highest BCUT2D eigenvalue weighted by molar-refractivity contribution is 4.83. The van der Waals surface area contributed by atoms with Crippen LogP contribution in [0.1, 0.15) is 39.5 Å². The molecule has 0 heterocycles. The molecule has 2 N–H and O–H groups in total. The molecule has 0 bridgehead atoms. The molecule has 0 radical (unpaired) electrons. The lowest BCUT2D eigenvalue weighted by Gasteiger charge is -2.12. The van der Waals surface area contributed by atoms with Gasteiger partial charge in [0.05, 0.1) is 0 Å². The van der Waals surface area contributed by atoms with Gasteiger partial charge < -0.3 is 5.73 Å². The van der Waals surface area contributed by atoms with Gasteiger partial charge in [-0.05, 0) is 31.1 Å². The fraction of sp³-hybridized carbons (Fsp3) is 1.00. The predicted octanol–water partition coefficient (Wildman–Crippen LogP) is 2.16. The van der Waals surface area contributed by atoms with Gasteiger partial charge in [0.25, 0.3) is 0 Å². The van der Waals surface area contributed by atoms with E-state index in [1.54, 1.807) is 0 Å². The third-order valence-corrected chi connectivity index (χ3v) is 2.64. The Kier molecular flexibility index (Phi) is 2.72. The maximum absolute atomic E-state index is 5.96. The minimum Gasteiger partial charge on any atom is -0.327 e. The van der Waals surface area contributed by atoms with Crippen molar-refractivity contribution < 1.29 is 0 Å². The molecule has 0 aliphatic heterocycles. The summed E-state index contributed by atoms with van der Waals surface area (Å²) in [6, 6.07) is 0.509. The predicted molar refractivity (Wildman–Crippen MR) is 44.8 cm³/mol. The topological polar surface area (TPSA) is 26.0 Å². The maximum Gasteiger partial charge on any atom is 0.00697 e. The molecule has 1 aliphatic carbocycles. The molecule has 1 heteroatoms. The SMILES string of the molecule is CCCC1CC(C)CC1N. The highest BCUT2D eigenvalue weighted by atomic mass is 14.7. The van der Waals surface area contributed by atoms with Gasteiger partial charge in [-0.15, -0.1) is 0 Å². The van der Waals surface area contributed by atoms with Crippen LogP contribution in [0, 0.1) is 11.8 Å². The van der Waals surface area contributed by atoms with E-state index in [-0.39, 0.29) is 0 Å². The Morgan fingerprint density at radius 3 is 2.50 bits per heavy atom. The minimum atomic E-state index is 0.509. The van der Waals surface area contributed by atoms with Crippen LogP contribution in [0.2, 0.25) is 0 Å². The van der Waals surface area contributed by atoms with Gasteiger partial charge in [0.1, 0.15) is 0 Å². The second kappa shape index (κ2) is 3.38. The van der Waals surface area contributed by atoms with Crippen molar-refractivity contribution in [2.24, 2.45) is 17.6 Å². The normalized spacial score (nSPS) is 40.5. The highest BCUT2D eigenvalue weighted by Crippen LogP contribution is 2.32. The van der Waals surface area contributed by atoms with E-state index in [4.69, 9.17) is 5.73 Å². The van der Waals surface area contributed by atoms with Crippen molar-refractivity contribution in [3.05, 3.63) is 0 Å². The van der Waals surface area contributed by atoms with Gasteiger partial charge in [-0.1, -0.05) is 20.3 Å². The largest absolute Gasteiger partial charge is 0.327 e. The molecule has 0 aromatic carbocycles. The van der Waals surface area contributed by atoms with Gasteiger partial charge >= 0.3 is 0 Å². The van der Waals surface area contributed by atoms with Crippen LogP contribution < -0.4 is 5.73 Å². The first-order chi connectivity index (χ1) is 4.74. The lowest BCUT2D eigenvalue weighted by molar-refractivity contribution is 0.436. The van der Waals surface area contributed by atoms with Crippen molar-refractivity contribution in [1.82, 2.24) is 0 Å². The van der Waals surface area contributed by atoms with E-state index in [0.29, 0.717) is 6.04 Å². The van der Waals surface area contributed by atoms with E-state index in [0.717, 1.165) is 11.8 Å². The summed E-state index contributed by atoms with van der Waals surface area (Å²) in [5.74, 6) is 1.71. The van der Waals surface area contributed by atoms with Gasteiger partial charge in [0, 0.05) is 6.04 Å². The second-order valence-corrected chi connectivity index (χ2v) is 3.79. The molecule has 3 unspecified atom stereocenters. The third-order valence-electron chi connectivity index (χ3n) is 2.64. The fourth-order valence-electron chi connectivity index (χ4n) is 2.15. The first kappa shape index (κ1) is 8.06. The molecule has 1 saturated carbocycles. The minimum absolute atomic E-state index is 0.509. The molecule has 0 amide bonds. The molecule has 60 valence electrons. The Hall–Kier alpha value is -0.0400. The molecule has 10 heavy (non-hydrogen) atoms. The zero-order valence-electron chi connectivity index (χ0n) is 7.14. The quantitative estimate of drug-likeness (QED) is 0.626. The van der Waals surface area contributed by atoms with Crippen molar-refractivity contribution in [2.75, 3.05) is 0 Å². The van der Waals surface area contributed by atoms with Crippen LogP contribution in [0.3, 0.4) is 0 Å². The van der Waals surface area contributed by atoms with Crippen LogP contribution in [0.4, 0.5) is 0 Å². The van der Waals surface area contributed by atoms with Gasteiger partial charge in [-0.2, -0.15) is 0 Å². The number of nitrogens with two attached hydrogens (primary N) is 1. The summed E-state index contributed by atoms with van der Waals surface area (Å²) < 4.78 is 0. The zero-order valence-corrected chi connectivity index (χ0v) is 7.14. The average molecular weight is 141 g/mol. The Morgan fingerprint density at radius 1 is 1.40 bits per heavy atom. The third kappa shape index (κ3) is 1.72. The van der Waals surface area contributed by atoms with Crippen LogP contribution in [-0.4, -0.2) is 6.04 Å². The number of rotatable bonds is 2. The zero-order chi connectivity index (χ0) is 7.56. The van der Waals surface area contributed by atoms with E-state index in [2.05, 4.69) is 13.8 Å². The summed E-state index contributed by atoms with van der Waals surface area (Å²) in [6.45, 7) is 4.56. The first-order valence-corrected chi connectivity index (χ1v) is 4.49. The van der Waals surface area contributed by atoms with Crippen LogP contribution in [0.25, 0.3) is 0 Å². The fourth-order valence-corrected chi connectivity index (χ4v) is 2.15. The van der Waals surface area contributed by atoms with Gasteiger partial charge in [-0.25, -0.2) is 0 Å².